The van der Waals surface area contributed by atoms with E-state index in [-0.39, 0.29) is 16.9 Å². The molecular formula is C14H15NO5. The van der Waals surface area contributed by atoms with Gasteiger partial charge in [0.25, 0.3) is 0 Å². The minimum absolute atomic E-state index is 0.157. The smallest absolute Gasteiger partial charge is 0.207 e. The second kappa shape index (κ2) is 6.48. The molecule has 0 bridgehead atoms. The fourth-order valence-electron chi connectivity index (χ4n) is 1.65. The van der Waals surface area contributed by atoms with Crippen molar-refractivity contribution in [2.45, 2.75) is 6.92 Å². The highest BCUT2D eigenvalue weighted by Crippen LogP contribution is 2.38. The highest BCUT2D eigenvalue weighted by Gasteiger charge is 2.20. The van der Waals surface area contributed by atoms with Crippen molar-refractivity contribution in [2.75, 3.05) is 21.3 Å². The van der Waals surface area contributed by atoms with Crippen LogP contribution in [0.25, 0.3) is 0 Å². The van der Waals surface area contributed by atoms with Crippen molar-refractivity contribution in [1.29, 1.82) is 5.26 Å². The molecule has 106 valence electrons. The Bertz CT molecular complexity index is 569. The van der Waals surface area contributed by atoms with Crippen LogP contribution in [-0.4, -0.2) is 32.2 Å². The number of nitrogens with zero attached hydrogens (tertiary/aromatic N) is 1. The second-order valence-corrected chi connectivity index (χ2v) is 3.82. The van der Waals surface area contributed by atoms with Crippen molar-refractivity contribution in [3.8, 4) is 23.3 Å². The Hall–Kier alpha value is -2.68. The van der Waals surface area contributed by atoms with Gasteiger partial charge in [0, 0.05) is 5.56 Å². The molecule has 0 amide bonds. The summed E-state index contributed by atoms with van der Waals surface area (Å²) in [4.78, 5) is 12.2. The molecule has 0 aliphatic carbocycles. The summed E-state index contributed by atoms with van der Waals surface area (Å²) < 4.78 is 15.4. The van der Waals surface area contributed by atoms with Gasteiger partial charge in [-0.15, -0.1) is 0 Å². The van der Waals surface area contributed by atoms with Gasteiger partial charge in [-0.3, -0.25) is 4.79 Å². The Morgan fingerprint density at radius 1 is 1.15 bits per heavy atom. The van der Waals surface area contributed by atoms with Crippen molar-refractivity contribution in [3.05, 3.63) is 29.0 Å². The largest absolute Gasteiger partial charge is 0.511 e. The lowest BCUT2D eigenvalue weighted by atomic mass is 10.0. The number of nitriles is 1. The first kappa shape index (κ1) is 15.4. The van der Waals surface area contributed by atoms with E-state index in [4.69, 9.17) is 19.5 Å². The number of hydrogen-bond donors (Lipinski definition) is 1. The first-order valence-corrected chi connectivity index (χ1v) is 5.64. The van der Waals surface area contributed by atoms with Gasteiger partial charge >= 0.3 is 0 Å². The van der Waals surface area contributed by atoms with Gasteiger partial charge in [0.1, 0.15) is 17.4 Å². The summed E-state index contributed by atoms with van der Waals surface area (Å²) in [6.45, 7) is 1.27. The lowest BCUT2D eigenvalue weighted by molar-refractivity contribution is 0.103. The number of Topliss-reactive ketones (excluding diaryl/α,β-unsaturated/α-hetero) is 1. The van der Waals surface area contributed by atoms with Crippen LogP contribution < -0.4 is 14.2 Å². The predicted molar refractivity (Wildman–Crippen MR) is 71.4 cm³/mol. The summed E-state index contributed by atoms with van der Waals surface area (Å²) in [5.41, 5.74) is -0.177. The van der Waals surface area contributed by atoms with Crippen LogP contribution in [0.2, 0.25) is 0 Å². The Balaban J connectivity index is 3.45. The second-order valence-electron chi connectivity index (χ2n) is 3.82. The number of aliphatic hydroxyl groups is 1. The van der Waals surface area contributed by atoms with Crippen molar-refractivity contribution in [2.24, 2.45) is 0 Å². The van der Waals surface area contributed by atoms with Crippen molar-refractivity contribution in [3.63, 3.8) is 0 Å². The topological polar surface area (TPSA) is 88.8 Å². The molecule has 0 aliphatic heterocycles. The molecule has 0 aliphatic rings. The molecule has 1 N–H and O–H groups in total. The lowest BCUT2D eigenvalue weighted by Crippen LogP contribution is -2.06. The summed E-state index contributed by atoms with van der Waals surface area (Å²) in [5.74, 6) is -0.0288. The molecule has 0 saturated heterocycles. The first-order chi connectivity index (χ1) is 9.49. The van der Waals surface area contributed by atoms with E-state index in [0.29, 0.717) is 17.2 Å². The van der Waals surface area contributed by atoms with E-state index >= 15 is 0 Å². The maximum absolute atomic E-state index is 12.2. The number of rotatable bonds is 5. The third-order valence-corrected chi connectivity index (χ3v) is 2.63. The van der Waals surface area contributed by atoms with Gasteiger partial charge in [0.2, 0.25) is 11.5 Å². The van der Waals surface area contributed by atoms with Gasteiger partial charge in [-0.1, -0.05) is 0 Å². The molecule has 0 unspecified atom stereocenters. The number of allylic oxidation sites excluding steroid dienone is 2. The molecule has 1 aromatic carbocycles. The minimum atomic E-state index is -0.619. The van der Waals surface area contributed by atoms with Crippen molar-refractivity contribution in [1.82, 2.24) is 0 Å². The van der Waals surface area contributed by atoms with E-state index in [9.17, 15) is 9.90 Å². The average molecular weight is 277 g/mol. The van der Waals surface area contributed by atoms with Gasteiger partial charge in [-0.25, -0.2) is 0 Å². The minimum Gasteiger partial charge on any atom is -0.511 e. The quantitative estimate of drug-likeness (QED) is 0.384. The van der Waals surface area contributed by atoms with Crippen molar-refractivity contribution < 1.29 is 24.1 Å². The monoisotopic (exact) mass is 277 g/mol. The zero-order chi connectivity index (χ0) is 15.3. The summed E-state index contributed by atoms with van der Waals surface area (Å²) >= 11 is 0. The van der Waals surface area contributed by atoms with E-state index in [1.165, 1.54) is 40.4 Å². The molecule has 0 heterocycles. The summed E-state index contributed by atoms with van der Waals surface area (Å²) in [6, 6.07) is 4.51. The molecule has 0 spiro atoms. The molecule has 0 radical (unpaired) electrons. The molecule has 0 saturated carbocycles. The maximum Gasteiger partial charge on any atom is 0.207 e. The van der Waals surface area contributed by atoms with Crippen LogP contribution in [0.15, 0.2) is 23.5 Å². The lowest BCUT2D eigenvalue weighted by Gasteiger charge is -2.13. The molecule has 0 atom stereocenters. The predicted octanol–water partition coefficient (Wildman–Crippen LogP) is 2.25. The Kier molecular flexibility index (Phi) is 4.98. The number of methoxy groups -OCH3 is 3. The van der Waals surface area contributed by atoms with E-state index in [1.54, 1.807) is 6.07 Å². The SMILES string of the molecule is COc1cc(C(=O)/C(C#N)=C(\C)O)cc(OC)c1OC. The van der Waals surface area contributed by atoms with Gasteiger partial charge in [-0.2, -0.15) is 5.26 Å². The van der Waals surface area contributed by atoms with Gasteiger partial charge < -0.3 is 19.3 Å². The molecule has 0 fully saturated rings. The molecule has 1 rings (SSSR count). The standard InChI is InChI=1S/C14H15NO5/c1-8(16)10(7-15)13(17)9-5-11(18-2)14(20-4)12(6-9)19-3/h5-6,16H,1-4H3/b10-8+. The number of hydrogen-bond acceptors (Lipinski definition) is 6. The Morgan fingerprint density at radius 2 is 1.65 bits per heavy atom. The van der Waals surface area contributed by atoms with Crippen LogP contribution >= 0.6 is 0 Å². The van der Waals surface area contributed by atoms with E-state index in [1.807, 2.05) is 0 Å². The third kappa shape index (κ3) is 2.83. The molecule has 6 heteroatoms. The Labute approximate surface area is 116 Å². The van der Waals surface area contributed by atoms with Crippen LogP contribution in [0.1, 0.15) is 17.3 Å². The number of carbonyl (C=O) groups is 1. The third-order valence-electron chi connectivity index (χ3n) is 2.63. The number of ketones is 1. The molecule has 20 heavy (non-hydrogen) atoms. The van der Waals surface area contributed by atoms with Crippen molar-refractivity contribution >= 4 is 5.78 Å². The Morgan fingerprint density at radius 3 is 1.95 bits per heavy atom. The van der Waals surface area contributed by atoms with Gasteiger partial charge in [0.05, 0.1) is 21.3 Å². The number of ether oxygens (including phenoxy) is 3. The number of aliphatic hydroxyl groups excluding tert-OH is 1. The fraction of sp³-hybridized carbons (Fsp3) is 0.286. The summed E-state index contributed by atoms with van der Waals surface area (Å²) in [5, 5.41) is 18.3. The fourth-order valence-corrected chi connectivity index (χ4v) is 1.65. The molecule has 1 aromatic rings. The van der Waals surface area contributed by atoms with Gasteiger partial charge in [0.15, 0.2) is 11.5 Å². The van der Waals surface area contributed by atoms with Crippen LogP contribution in [-0.2, 0) is 0 Å². The zero-order valence-corrected chi connectivity index (χ0v) is 11.7. The van der Waals surface area contributed by atoms with Gasteiger partial charge in [-0.05, 0) is 19.1 Å². The number of benzene rings is 1. The summed E-state index contributed by atoms with van der Waals surface area (Å²) in [6.07, 6.45) is 0. The molecule has 0 aromatic heterocycles. The van der Waals surface area contributed by atoms with Crippen LogP contribution in [0.5, 0.6) is 17.2 Å². The van der Waals surface area contributed by atoms with E-state index in [0.717, 1.165) is 0 Å². The maximum atomic E-state index is 12.2. The van der Waals surface area contributed by atoms with E-state index in [2.05, 4.69) is 0 Å². The van der Waals surface area contributed by atoms with Crippen LogP contribution in [0, 0.1) is 11.3 Å². The van der Waals surface area contributed by atoms with Crippen LogP contribution in [0.3, 0.4) is 0 Å². The normalized spacial score (nSPS) is 11.2. The first-order valence-electron chi connectivity index (χ1n) is 5.64. The molecule has 6 nitrogen and oxygen atoms in total. The zero-order valence-electron chi connectivity index (χ0n) is 11.7. The van der Waals surface area contributed by atoms with E-state index < -0.39 is 5.78 Å². The highest BCUT2D eigenvalue weighted by atomic mass is 16.5. The highest BCUT2D eigenvalue weighted by molar-refractivity contribution is 6.12. The van der Waals surface area contributed by atoms with Crippen LogP contribution in [0.4, 0.5) is 0 Å². The summed E-state index contributed by atoms with van der Waals surface area (Å²) in [7, 11) is 4.29. The molecular weight excluding hydrogens is 262 g/mol. The average Bonchev–Trinajstić information content (AvgIpc) is 2.45. The number of carbonyl (C=O) groups excluding carboxylic acids is 1.